The SMILES string of the molecule is CCCCCCCCCCCCCCCCCC(=O)O[C@@H]1C(OC(=O)[C@@H](C)C[C@@H](C)C[C@@H](C)C[C@@H](C)C[C@@H](C)C[C@@H](C)C[C@@H](C)C(O)CCCCCCCCCCCCCCC)[C@H](O)C(CO)O[C@@H]1O[C@H]1OC(CO)[C@@H](O)C(O)[C@@H]1OS(=O)(=O)O. The summed E-state index contributed by atoms with van der Waals surface area (Å²) in [4.78, 5) is 27.7. The maximum Gasteiger partial charge on any atom is 0.397 e. The molecule has 18 atom stereocenters. The van der Waals surface area contributed by atoms with Gasteiger partial charge in [0, 0.05) is 6.42 Å². The standard InChI is InChI=1S/C67H128O17S/c1-10-12-14-16-18-20-22-24-25-27-29-31-33-35-37-39-58(71)81-64-62(60(73)57(47-69)80-67(64)83-66-63(84-85(76,77)78)61(74)59(72)56(46-68)79-66)82-65(75)54(9)45-52(7)43-50(5)41-48(3)40-49(4)42-51(6)44-53(8)55(70)38-36-34-32-30-28-26-23-21-19-17-15-13-11-2/h48-57,59-64,66-70,72-74H,10-47H2,1-9H3,(H,76,77,78)/t48-,49+,50-,51+,52-,53+,54-,55?,56?,57?,59+,60+,61?,62?,63-,64+,66+,67+/m0/s1. The Morgan fingerprint density at radius 2 is 0.824 bits per heavy atom. The van der Waals surface area contributed by atoms with Crippen LogP contribution in [0.4, 0.5) is 0 Å². The number of carbonyl (C=O) groups is 2. The van der Waals surface area contributed by atoms with Crippen molar-refractivity contribution in [3.63, 3.8) is 0 Å². The van der Waals surface area contributed by atoms with Crippen molar-refractivity contribution in [2.75, 3.05) is 13.2 Å². The first kappa shape index (κ1) is 79.5. The van der Waals surface area contributed by atoms with Crippen molar-refractivity contribution in [3.8, 4) is 0 Å². The number of hydrogen-bond donors (Lipinski definition) is 7. The van der Waals surface area contributed by atoms with Crippen LogP contribution in [0.2, 0.25) is 0 Å². The zero-order valence-electron chi connectivity index (χ0n) is 54.9. The van der Waals surface area contributed by atoms with Gasteiger partial charge in [-0.3, -0.25) is 14.1 Å². The largest absolute Gasteiger partial charge is 0.455 e. The van der Waals surface area contributed by atoms with E-state index in [1.165, 1.54) is 135 Å². The molecule has 85 heavy (non-hydrogen) atoms. The number of unbranched alkanes of at least 4 members (excludes halogenated alkanes) is 26. The number of rotatable bonds is 52. The van der Waals surface area contributed by atoms with E-state index < -0.39 is 103 Å². The molecule has 2 fully saturated rings. The molecule has 17 nitrogen and oxygen atoms in total. The van der Waals surface area contributed by atoms with Crippen LogP contribution in [-0.2, 0) is 47.9 Å². The van der Waals surface area contributed by atoms with E-state index in [0.29, 0.717) is 36.5 Å². The maximum absolute atomic E-state index is 14.1. The maximum atomic E-state index is 14.1. The topological polar surface area (TPSA) is 265 Å². The summed E-state index contributed by atoms with van der Waals surface area (Å²) in [6, 6.07) is 0. The fraction of sp³-hybridized carbons (Fsp3) is 0.970. The number of aliphatic hydroxyl groups is 6. The van der Waals surface area contributed by atoms with Gasteiger partial charge in [-0.1, -0.05) is 236 Å². The molecule has 2 saturated heterocycles. The van der Waals surface area contributed by atoms with Crippen molar-refractivity contribution >= 4 is 22.3 Å². The minimum atomic E-state index is -5.32. The molecule has 0 aromatic carbocycles. The van der Waals surface area contributed by atoms with Gasteiger partial charge in [-0.05, 0) is 86.9 Å². The van der Waals surface area contributed by atoms with Crippen molar-refractivity contribution < 1.29 is 81.1 Å². The molecule has 0 spiro atoms. The molecule has 7 N–H and O–H groups in total. The molecule has 5 unspecified atom stereocenters. The summed E-state index contributed by atoms with van der Waals surface area (Å²) in [6.07, 6.45) is 21.9. The van der Waals surface area contributed by atoms with Crippen LogP contribution in [-0.4, -0.2) is 136 Å². The lowest BCUT2D eigenvalue weighted by atomic mass is 9.80. The van der Waals surface area contributed by atoms with E-state index in [9.17, 15) is 53.2 Å². The van der Waals surface area contributed by atoms with E-state index in [1.54, 1.807) is 6.92 Å². The molecular weight excluding hydrogens is 1110 g/mol. The summed E-state index contributed by atoms with van der Waals surface area (Å²) in [6.45, 7) is 18.0. The molecular formula is C67H128O17S. The van der Waals surface area contributed by atoms with Crippen molar-refractivity contribution in [3.05, 3.63) is 0 Å². The zero-order chi connectivity index (χ0) is 63.2. The van der Waals surface area contributed by atoms with E-state index in [2.05, 4.69) is 59.6 Å². The number of hydrogen-bond acceptors (Lipinski definition) is 16. The minimum Gasteiger partial charge on any atom is -0.455 e. The first-order valence-electron chi connectivity index (χ1n) is 34.5. The Labute approximate surface area is 516 Å². The highest BCUT2D eigenvalue weighted by Gasteiger charge is 2.55. The Morgan fingerprint density at radius 3 is 1.24 bits per heavy atom. The molecule has 18 heteroatoms. The van der Waals surface area contributed by atoms with Crippen molar-refractivity contribution in [1.82, 2.24) is 0 Å². The third-order valence-electron chi connectivity index (χ3n) is 18.0. The van der Waals surface area contributed by atoms with E-state index >= 15 is 0 Å². The van der Waals surface area contributed by atoms with Gasteiger partial charge in [0.15, 0.2) is 24.6 Å². The minimum absolute atomic E-state index is 0.0553. The lowest BCUT2D eigenvalue weighted by molar-refractivity contribution is -0.374. The van der Waals surface area contributed by atoms with Gasteiger partial charge in [0.25, 0.3) is 0 Å². The summed E-state index contributed by atoms with van der Waals surface area (Å²) in [5.74, 6) is 0.146. The second-order valence-electron chi connectivity index (χ2n) is 27.0. The van der Waals surface area contributed by atoms with Crippen molar-refractivity contribution in [2.45, 2.75) is 361 Å². The third-order valence-corrected chi connectivity index (χ3v) is 18.5. The summed E-state index contributed by atoms with van der Waals surface area (Å²) < 4.78 is 67.4. The van der Waals surface area contributed by atoms with Crippen LogP contribution in [0.25, 0.3) is 0 Å². The van der Waals surface area contributed by atoms with Gasteiger partial charge in [-0.25, -0.2) is 4.18 Å². The van der Waals surface area contributed by atoms with Gasteiger partial charge in [0.2, 0.25) is 6.29 Å². The van der Waals surface area contributed by atoms with E-state index in [0.717, 1.165) is 77.0 Å². The number of ether oxygens (including phenoxy) is 5. The Balaban J connectivity index is 1.98. The van der Waals surface area contributed by atoms with Crippen molar-refractivity contribution in [1.29, 1.82) is 0 Å². The molecule has 0 amide bonds. The van der Waals surface area contributed by atoms with Crippen LogP contribution in [0.15, 0.2) is 0 Å². The quantitative estimate of drug-likeness (QED) is 0.0170. The Hall–Kier alpha value is -1.55. The monoisotopic (exact) mass is 1240 g/mol. The molecule has 504 valence electrons. The molecule has 0 aromatic heterocycles. The van der Waals surface area contributed by atoms with Gasteiger partial charge in [-0.2, -0.15) is 8.42 Å². The summed E-state index contributed by atoms with van der Waals surface area (Å²) in [5.41, 5.74) is 0. The first-order valence-corrected chi connectivity index (χ1v) is 35.9. The second kappa shape index (κ2) is 46.5. The van der Waals surface area contributed by atoms with Gasteiger partial charge in [0.1, 0.15) is 30.5 Å². The average molecular weight is 1240 g/mol. The predicted octanol–water partition coefficient (Wildman–Crippen LogP) is 13.4. The average Bonchev–Trinajstić information content (AvgIpc) is 2.15. The molecule has 0 aliphatic carbocycles. The summed E-state index contributed by atoms with van der Waals surface area (Å²) in [7, 11) is -5.32. The molecule has 2 heterocycles. The van der Waals surface area contributed by atoms with Gasteiger partial charge < -0.3 is 54.3 Å². The Morgan fingerprint density at radius 1 is 0.459 bits per heavy atom. The Bertz CT molecular complexity index is 1780. The van der Waals surface area contributed by atoms with E-state index in [4.69, 9.17) is 23.7 Å². The first-order chi connectivity index (χ1) is 40.5. The number of carbonyl (C=O) groups excluding carboxylic acids is 2. The van der Waals surface area contributed by atoms with Crippen LogP contribution in [0.3, 0.4) is 0 Å². The van der Waals surface area contributed by atoms with E-state index in [1.807, 2.05) is 0 Å². The summed E-state index contributed by atoms with van der Waals surface area (Å²) >= 11 is 0. The number of esters is 2. The van der Waals surface area contributed by atoms with Crippen LogP contribution < -0.4 is 0 Å². The number of aliphatic hydroxyl groups excluding tert-OH is 6. The highest BCUT2D eigenvalue weighted by molar-refractivity contribution is 7.80. The molecule has 2 aliphatic rings. The Kier molecular flexibility index (Phi) is 43.5. The lowest BCUT2D eigenvalue weighted by Crippen LogP contribution is -2.65. The normalized spacial score (nSPS) is 25.8. The highest BCUT2D eigenvalue weighted by Crippen LogP contribution is 2.35. The molecule has 2 rings (SSSR count). The van der Waals surface area contributed by atoms with Crippen LogP contribution >= 0.6 is 0 Å². The smallest absolute Gasteiger partial charge is 0.397 e. The molecule has 0 bridgehead atoms. The third kappa shape index (κ3) is 35.0. The van der Waals surface area contributed by atoms with Gasteiger partial charge in [-0.15, -0.1) is 0 Å². The van der Waals surface area contributed by atoms with Gasteiger partial charge >= 0.3 is 22.3 Å². The molecule has 0 saturated carbocycles. The molecule has 0 radical (unpaired) electrons. The van der Waals surface area contributed by atoms with Crippen LogP contribution in [0.5, 0.6) is 0 Å². The zero-order valence-corrected chi connectivity index (χ0v) is 55.7. The molecule has 2 aliphatic heterocycles. The predicted molar refractivity (Wildman–Crippen MR) is 334 cm³/mol. The van der Waals surface area contributed by atoms with Crippen molar-refractivity contribution in [2.24, 2.45) is 41.4 Å². The molecule has 0 aromatic rings. The highest BCUT2D eigenvalue weighted by atomic mass is 32.3. The fourth-order valence-corrected chi connectivity index (χ4v) is 13.9. The van der Waals surface area contributed by atoms with Crippen LogP contribution in [0.1, 0.15) is 293 Å². The lowest BCUT2D eigenvalue weighted by Gasteiger charge is -2.46. The second-order valence-corrected chi connectivity index (χ2v) is 28.1. The summed E-state index contributed by atoms with van der Waals surface area (Å²) in [5, 5.41) is 64.4. The van der Waals surface area contributed by atoms with E-state index in [-0.39, 0.29) is 24.4 Å². The van der Waals surface area contributed by atoms with Gasteiger partial charge in [0.05, 0.1) is 25.2 Å². The fourth-order valence-electron chi connectivity index (χ4n) is 13.4. The van der Waals surface area contributed by atoms with Crippen LogP contribution in [0, 0.1) is 41.4 Å².